The average Bonchev–Trinajstić information content (AvgIpc) is 2.42. The second-order valence-electron chi connectivity index (χ2n) is 4.84. The molecule has 1 saturated heterocycles. The molecule has 7 heteroatoms. The molecule has 1 aliphatic rings. The van der Waals surface area contributed by atoms with Crippen LogP contribution >= 0.6 is 12.4 Å². The van der Waals surface area contributed by atoms with Gasteiger partial charge < -0.3 is 20.3 Å². The average molecular weight is 308 g/mol. The molecule has 0 radical (unpaired) electrons. The summed E-state index contributed by atoms with van der Waals surface area (Å²) in [6.07, 6.45) is 1.77. The lowest BCUT2D eigenvalue weighted by Crippen LogP contribution is -2.45. The van der Waals surface area contributed by atoms with Gasteiger partial charge in [-0.3, -0.25) is 9.59 Å². The third kappa shape index (κ3) is 7.07. The second kappa shape index (κ2) is 10.9. The molecule has 1 rings (SSSR count). The number of hydrogen-bond donors (Lipinski definition) is 2. The molecule has 0 saturated carbocycles. The molecule has 6 nitrogen and oxygen atoms in total. The van der Waals surface area contributed by atoms with Gasteiger partial charge in [0.2, 0.25) is 11.8 Å². The largest absolute Gasteiger partial charge is 0.383 e. The van der Waals surface area contributed by atoms with Gasteiger partial charge in [0.25, 0.3) is 0 Å². The van der Waals surface area contributed by atoms with Gasteiger partial charge >= 0.3 is 0 Å². The minimum absolute atomic E-state index is 0. The monoisotopic (exact) mass is 307 g/mol. The Bertz CT molecular complexity index is 303. The first kappa shape index (κ1) is 19.1. The molecular weight excluding hydrogens is 282 g/mol. The zero-order valence-electron chi connectivity index (χ0n) is 12.3. The summed E-state index contributed by atoms with van der Waals surface area (Å²) in [5.74, 6) is 0.0508. The van der Waals surface area contributed by atoms with Gasteiger partial charge in [0, 0.05) is 46.8 Å². The van der Waals surface area contributed by atoms with Crippen molar-refractivity contribution < 1.29 is 14.3 Å². The number of halogens is 1. The third-order valence-electron chi connectivity index (χ3n) is 3.32. The molecule has 1 unspecified atom stereocenters. The first-order valence-electron chi connectivity index (χ1n) is 6.88. The van der Waals surface area contributed by atoms with Crippen LogP contribution in [-0.2, 0) is 14.3 Å². The van der Waals surface area contributed by atoms with Crippen molar-refractivity contribution in [3.8, 4) is 0 Å². The Hall–Kier alpha value is -0.850. The van der Waals surface area contributed by atoms with Gasteiger partial charge in [0.15, 0.2) is 0 Å². The van der Waals surface area contributed by atoms with Crippen LogP contribution < -0.4 is 10.6 Å². The predicted molar refractivity (Wildman–Crippen MR) is 80.0 cm³/mol. The van der Waals surface area contributed by atoms with Gasteiger partial charge in [-0.25, -0.2) is 0 Å². The molecule has 0 spiro atoms. The number of carbonyl (C=O) groups is 2. The summed E-state index contributed by atoms with van der Waals surface area (Å²) in [6.45, 7) is 5.69. The van der Waals surface area contributed by atoms with Crippen molar-refractivity contribution in [2.45, 2.75) is 19.8 Å². The molecule has 0 aromatic carbocycles. The van der Waals surface area contributed by atoms with E-state index < -0.39 is 0 Å². The number of amides is 2. The SMILES string of the molecule is COCCNCCNC(=O)C1CCCN(C(C)=O)C1.Cl. The lowest BCUT2D eigenvalue weighted by Gasteiger charge is -2.31. The topological polar surface area (TPSA) is 70.7 Å². The van der Waals surface area contributed by atoms with Gasteiger partial charge in [-0.2, -0.15) is 0 Å². The molecule has 0 aromatic heterocycles. The Labute approximate surface area is 127 Å². The van der Waals surface area contributed by atoms with E-state index in [1.807, 2.05) is 0 Å². The second-order valence-corrected chi connectivity index (χ2v) is 4.84. The molecule has 2 N–H and O–H groups in total. The quantitative estimate of drug-likeness (QED) is 0.651. The van der Waals surface area contributed by atoms with E-state index in [-0.39, 0.29) is 30.1 Å². The van der Waals surface area contributed by atoms with Crippen LogP contribution in [0.3, 0.4) is 0 Å². The number of carbonyl (C=O) groups excluding carboxylic acids is 2. The number of hydrogen-bond acceptors (Lipinski definition) is 4. The smallest absolute Gasteiger partial charge is 0.224 e. The number of ether oxygens (including phenoxy) is 1. The van der Waals surface area contributed by atoms with E-state index in [9.17, 15) is 9.59 Å². The Kier molecular flexibility index (Phi) is 10.4. The molecule has 0 aromatic rings. The number of nitrogens with one attached hydrogen (secondary N) is 2. The summed E-state index contributed by atoms with van der Waals surface area (Å²) < 4.78 is 4.91. The Morgan fingerprint density at radius 1 is 1.30 bits per heavy atom. The lowest BCUT2D eigenvalue weighted by molar-refractivity contribution is -0.133. The minimum atomic E-state index is -0.0587. The highest BCUT2D eigenvalue weighted by Crippen LogP contribution is 2.16. The Balaban J connectivity index is 0.00000361. The maximum atomic E-state index is 12.0. The molecule has 0 bridgehead atoms. The standard InChI is InChI=1S/C13H25N3O3.ClH/c1-11(17)16-8-3-4-12(10-16)13(18)15-6-5-14-7-9-19-2;/h12,14H,3-10H2,1-2H3,(H,15,18);1H. The van der Waals surface area contributed by atoms with Crippen LogP contribution in [0.1, 0.15) is 19.8 Å². The van der Waals surface area contributed by atoms with E-state index >= 15 is 0 Å². The highest BCUT2D eigenvalue weighted by Gasteiger charge is 2.26. The van der Waals surface area contributed by atoms with E-state index in [1.165, 1.54) is 0 Å². The normalized spacial score (nSPS) is 18.3. The van der Waals surface area contributed by atoms with Crippen molar-refractivity contribution >= 4 is 24.2 Å². The first-order chi connectivity index (χ1) is 9.15. The summed E-state index contributed by atoms with van der Waals surface area (Å²) >= 11 is 0. The van der Waals surface area contributed by atoms with Crippen molar-refractivity contribution in [2.75, 3.05) is 46.4 Å². The van der Waals surface area contributed by atoms with Crippen molar-refractivity contribution in [3.05, 3.63) is 0 Å². The fourth-order valence-corrected chi connectivity index (χ4v) is 2.19. The fraction of sp³-hybridized carbons (Fsp3) is 0.846. The molecule has 1 atom stereocenters. The number of methoxy groups -OCH3 is 1. The van der Waals surface area contributed by atoms with Gasteiger partial charge in [0.1, 0.15) is 0 Å². The predicted octanol–water partition coefficient (Wildman–Crippen LogP) is 0.0189. The summed E-state index contributed by atoms with van der Waals surface area (Å²) in [4.78, 5) is 25.0. The number of rotatable bonds is 7. The van der Waals surface area contributed by atoms with Gasteiger partial charge in [-0.15, -0.1) is 12.4 Å². The Morgan fingerprint density at radius 2 is 2.05 bits per heavy atom. The zero-order chi connectivity index (χ0) is 14.1. The van der Waals surface area contributed by atoms with Gasteiger partial charge in [-0.1, -0.05) is 0 Å². The molecule has 1 heterocycles. The maximum Gasteiger partial charge on any atom is 0.224 e. The zero-order valence-corrected chi connectivity index (χ0v) is 13.1. The van der Waals surface area contributed by atoms with E-state index in [4.69, 9.17) is 4.74 Å². The fourth-order valence-electron chi connectivity index (χ4n) is 2.19. The first-order valence-corrected chi connectivity index (χ1v) is 6.88. The van der Waals surface area contributed by atoms with E-state index in [0.29, 0.717) is 19.7 Å². The summed E-state index contributed by atoms with van der Waals surface area (Å²) in [5, 5.41) is 6.08. The van der Waals surface area contributed by atoms with E-state index in [0.717, 1.165) is 32.5 Å². The van der Waals surface area contributed by atoms with Crippen molar-refractivity contribution in [2.24, 2.45) is 5.92 Å². The number of likely N-dealkylation sites (tertiary alicyclic amines) is 1. The van der Waals surface area contributed by atoms with Crippen molar-refractivity contribution in [1.29, 1.82) is 0 Å². The molecule has 2 amide bonds. The Morgan fingerprint density at radius 3 is 2.70 bits per heavy atom. The summed E-state index contributed by atoms with van der Waals surface area (Å²) in [5.41, 5.74) is 0. The molecule has 118 valence electrons. The van der Waals surface area contributed by atoms with E-state index in [2.05, 4.69) is 10.6 Å². The van der Waals surface area contributed by atoms with Crippen LogP contribution in [0.25, 0.3) is 0 Å². The van der Waals surface area contributed by atoms with Crippen molar-refractivity contribution in [1.82, 2.24) is 15.5 Å². The lowest BCUT2D eigenvalue weighted by atomic mass is 9.97. The van der Waals surface area contributed by atoms with Crippen LogP contribution in [0, 0.1) is 5.92 Å². The molecule has 0 aliphatic carbocycles. The molecule has 1 fully saturated rings. The molecule has 20 heavy (non-hydrogen) atoms. The van der Waals surface area contributed by atoms with Crippen LogP contribution in [0.5, 0.6) is 0 Å². The molecular formula is C13H26ClN3O3. The van der Waals surface area contributed by atoms with E-state index in [1.54, 1.807) is 18.9 Å². The number of nitrogens with zero attached hydrogens (tertiary/aromatic N) is 1. The van der Waals surface area contributed by atoms with Gasteiger partial charge in [-0.05, 0) is 12.8 Å². The number of piperidine rings is 1. The van der Waals surface area contributed by atoms with Crippen LogP contribution in [-0.4, -0.2) is 63.2 Å². The summed E-state index contributed by atoms with van der Waals surface area (Å²) in [7, 11) is 1.66. The van der Waals surface area contributed by atoms with Crippen LogP contribution in [0.15, 0.2) is 0 Å². The van der Waals surface area contributed by atoms with Crippen LogP contribution in [0.2, 0.25) is 0 Å². The maximum absolute atomic E-state index is 12.0. The van der Waals surface area contributed by atoms with Crippen LogP contribution in [0.4, 0.5) is 0 Å². The highest BCUT2D eigenvalue weighted by molar-refractivity contribution is 5.85. The highest BCUT2D eigenvalue weighted by atomic mass is 35.5. The third-order valence-corrected chi connectivity index (χ3v) is 3.32. The molecule has 1 aliphatic heterocycles. The van der Waals surface area contributed by atoms with Crippen molar-refractivity contribution in [3.63, 3.8) is 0 Å². The minimum Gasteiger partial charge on any atom is -0.383 e. The summed E-state index contributed by atoms with van der Waals surface area (Å²) in [6, 6.07) is 0. The van der Waals surface area contributed by atoms with Gasteiger partial charge in [0.05, 0.1) is 12.5 Å².